The van der Waals surface area contributed by atoms with Gasteiger partial charge in [0.25, 0.3) is 0 Å². The predicted molar refractivity (Wildman–Crippen MR) is 96.1 cm³/mol. The molecule has 2 N–H and O–H groups in total. The molecule has 1 aromatic carbocycles. The number of allylic oxidation sites excluding steroid dienone is 1. The van der Waals surface area contributed by atoms with Crippen molar-refractivity contribution in [2.24, 2.45) is 5.92 Å². The molecule has 2 aliphatic rings. The minimum Gasteiger partial charge on any atom is -0.462 e. The van der Waals surface area contributed by atoms with Gasteiger partial charge in [0.2, 0.25) is 0 Å². The van der Waals surface area contributed by atoms with Crippen LogP contribution >= 0.6 is 11.6 Å². The number of nitrogens with one attached hydrogen (secondary N) is 2. The molecule has 3 rings (SSSR count). The second-order valence-corrected chi connectivity index (χ2v) is 7.10. The molecular weight excluding hydrogens is 340 g/mol. The van der Waals surface area contributed by atoms with E-state index in [1.165, 1.54) is 19.3 Å². The summed E-state index contributed by atoms with van der Waals surface area (Å²) in [7, 11) is 0. The van der Waals surface area contributed by atoms with Crippen LogP contribution in [0.3, 0.4) is 0 Å². The lowest BCUT2D eigenvalue weighted by Gasteiger charge is -2.29. The normalized spacial score (nSPS) is 21.5. The molecule has 1 saturated carbocycles. The summed E-state index contributed by atoms with van der Waals surface area (Å²) in [5.41, 5.74) is 1.59. The van der Waals surface area contributed by atoms with E-state index in [9.17, 15) is 9.59 Å². The second kappa shape index (κ2) is 7.91. The van der Waals surface area contributed by atoms with Crippen LogP contribution in [0.5, 0.6) is 0 Å². The third-order valence-electron chi connectivity index (χ3n) is 4.88. The number of rotatable bonds is 4. The van der Waals surface area contributed by atoms with Crippen LogP contribution < -0.4 is 10.6 Å². The molecule has 1 aromatic rings. The molecule has 0 radical (unpaired) electrons. The van der Waals surface area contributed by atoms with Gasteiger partial charge >= 0.3 is 12.0 Å². The minimum atomic E-state index is -0.610. The van der Waals surface area contributed by atoms with Crippen LogP contribution in [0.2, 0.25) is 5.02 Å². The second-order valence-electron chi connectivity index (χ2n) is 6.69. The minimum absolute atomic E-state index is 0.355. The van der Waals surface area contributed by atoms with Crippen molar-refractivity contribution in [3.63, 3.8) is 0 Å². The Morgan fingerprint density at radius 1 is 1.24 bits per heavy atom. The fourth-order valence-corrected chi connectivity index (χ4v) is 3.78. The van der Waals surface area contributed by atoms with Gasteiger partial charge in [-0.1, -0.05) is 49.1 Å². The largest absolute Gasteiger partial charge is 0.462 e. The number of hydrogen-bond donors (Lipinski definition) is 2. The summed E-state index contributed by atoms with van der Waals surface area (Å²) in [5, 5.41) is 5.93. The number of benzene rings is 1. The SMILES string of the molecule is CC1=C(C(=O)OCC2CCCCC2)[C@H](c2ccccc2Cl)NC(=O)N1. The molecule has 0 saturated heterocycles. The number of hydrogen-bond acceptors (Lipinski definition) is 3. The zero-order chi connectivity index (χ0) is 17.8. The molecule has 6 heteroatoms. The Labute approximate surface area is 152 Å². The third-order valence-corrected chi connectivity index (χ3v) is 5.22. The molecule has 1 aliphatic carbocycles. The summed E-state index contributed by atoms with van der Waals surface area (Å²) in [4.78, 5) is 24.6. The lowest BCUT2D eigenvalue weighted by Crippen LogP contribution is -2.45. The summed E-state index contributed by atoms with van der Waals surface area (Å²) in [6.45, 7) is 2.14. The van der Waals surface area contributed by atoms with Gasteiger partial charge in [-0.25, -0.2) is 9.59 Å². The first-order chi connectivity index (χ1) is 12.1. The Morgan fingerprint density at radius 2 is 1.96 bits per heavy atom. The molecule has 1 atom stereocenters. The molecule has 25 heavy (non-hydrogen) atoms. The average molecular weight is 363 g/mol. The van der Waals surface area contributed by atoms with Gasteiger partial charge in [-0.05, 0) is 37.3 Å². The van der Waals surface area contributed by atoms with E-state index in [-0.39, 0.29) is 6.03 Å². The zero-order valence-electron chi connectivity index (χ0n) is 14.3. The Balaban J connectivity index is 1.79. The topological polar surface area (TPSA) is 67.4 Å². The van der Waals surface area contributed by atoms with Gasteiger partial charge in [-0.3, -0.25) is 0 Å². The van der Waals surface area contributed by atoms with E-state index < -0.39 is 12.0 Å². The molecule has 0 unspecified atom stereocenters. The van der Waals surface area contributed by atoms with E-state index in [1.54, 1.807) is 19.1 Å². The summed E-state index contributed by atoms with van der Waals surface area (Å²) < 4.78 is 5.59. The fraction of sp³-hybridized carbons (Fsp3) is 0.474. The highest BCUT2D eigenvalue weighted by molar-refractivity contribution is 6.31. The highest BCUT2D eigenvalue weighted by Crippen LogP contribution is 2.32. The summed E-state index contributed by atoms with van der Waals surface area (Å²) in [5.74, 6) is 0.0315. The molecule has 2 amide bonds. The molecule has 0 bridgehead atoms. The molecular formula is C19H23ClN2O3. The number of carbonyl (C=O) groups excluding carboxylic acids is 2. The van der Waals surface area contributed by atoms with Crippen LogP contribution in [0.15, 0.2) is 35.5 Å². The maximum absolute atomic E-state index is 12.7. The summed E-state index contributed by atoms with van der Waals surface area (Å²) in [6, 6.07) is 6.22. The average Bonchev–Trinajstić information content (AvgIpc) is 2.60. The number of ether oxygens (including phenoxy) is 1. The molecule has 0 aromatic heterocycles. The van der Waals surface area contributed by atoms with E-state index >= 15 is 0 Å². The van der Waals surface area contributed by atoms with E-state index in [0.717, 1.165) is 12.8 Å². The highest BCUT2D eigenvalue weighted by Gasteiger charge is 2.33. The van der Waals surface area contributed by atoms with E-state index in [2.05, 4.69) is 10.6 Å². The van der Waals surface area contributed by atoms with Gasteiger partial charge in [0.1, 0.15) is 0 Å². The van der Waals surface area contributed by atoms with Crippen LogP contribution in [0.4, 0.5) is 4.79 Å². The van der Waals surface area contributed by atoms with Crippen molar-refractivity contribution in [2.75, 3.05) is 6.61 Å². The van der Waals surface area contributed by atoms with Crippen molar-refractivity contribution in [3.8, 4) is 0 Å². The summed E-state index contributed by atoms with van der Waals surface area (Å²) >= 11 is 6.28. The van der Waals surface area contributed by atoms with Crippen molar-refractivity contribution in [2.45, 2.75) is 45.1 Å². The number of esters is 1. The van der Waals surface area contributed by atoms with E-state index in [1.807, 2.05) is 12.1 Å². The van der Waals surface area contributed by atoms with Crippen molar-refractivity contribution in [1.29, 1.82) is 0 Å². The fourth-order valence-electron chi connectivity index (χ4n) is 3.53. The number of urea groups is 1. The van der Waals surface area contributed by atoms with Crippen molar-refractivity contribution in [3.05, 3.63) is 46.1 Å². The first-order valence-electron chi connectivity index (χ1n) is 8.76. The predicted octanol–water partition coefficient (Wildman–Crippen LogP) is 4.09. The molecule has 0 spiro atoms. The van der Waals surface area contributed by atoms with Gasteiger partial charge in [0, 0.05) is 10.7 Å². The van der Waals surface area contributed by atoms with Crippen LogP contribution in [0, 0.1) is 5.92 Å². The maximum atomic E-state index is 12.7. The van der Waals surface area contributed by atoms with Gasteiger partial charge in [-0.15, -0.1) is 0 Å². The molecule has 5 nitrogen and oxygen atoms in total. The Kier molecular flexibility index (Phi) is 5.63. The third kappa shape index (κ3) is 4.15. The van der Waals surface area contributed by atoms with Crippen molar-refractivity contribution < 1.29 is 14.3 Å². The molecule has 1 heterocycles. The van der Waals surface area contributed by atoms with Gasteiger partial charge in [-0.2, -0.15) is 0 Å². The highest BCUT2D eigenvalue weighted by atomic mass is 35.5. The Morgan fingerprint density at radius 3 is 2.68 bits per heavy atom. The number of halogens is 1. The first-order valence-corrected chi connectivity index (χ1v) is 9.14. The lowest BCUT2D eigenvalue weighted by atomic mass is 9.90. The first kappa shape index (κ1) is 17.8. The standard InChI is InChI=1S/C19H23ClN2O3/c1-12-16(18(23)25-11-13-7-3-2-4-8-13)17(22-19(24)21-12)14-9-5-6-10-15(14)20/h5-6,9-10,13,17H,2-4,7-8,11H2,1H3,(H2,21,22,24)/t17-/m0/s1. The lowest BCUT2D eigenvalue weighted by molar-refractivity contribution is -0.141. The van der Waals surface area contributed by atoms with Crippen LogP contribution in [0.25, 0.3) is 0 Å². The van der Waals surface area contributed by atoms with Crippen LogP contribution in [-0.2, 0) is 9.53 Å². The molecule has 1 fully saturated rings. The zero-order valence-corrected chi connectivity index (χ0v) is 15.1. The van der Waals surface area contributed by atoms with Gasteiger partial charge < -0.3 is 15.4 Å². The van der Waals surface area contributed by atoms with Crippen molar-refractivity contribution >= 4 is 23.6 Å². The van der Waals surface area contributed by atoms with Gasteiger partial charge in [0.15, 0.2) is 0 Å². The monoisotopic (exact) mass is 362 g/mol. The molecule has 1 aliphatic heterocycles. The smallest absolute Gasteiger partial charge is 0.338 e. The van der Waals surface area contributed by atoms with Gasteiger partial charge in [0.05, 0.1) is 18.2 Å². The Bertz CT molecular complexity index is 696. The number of carbonyl (C=O) groups is 2. The van der Waals surface area contributed by atoms with E-state index in [4.69, 9.17) is 16.3 Å². The van der Waals surface area contributed by atoms with Crippen LogP contribution in [0.1, 0.15) is 50.6 Å². The van der Waals surface area contributed by atoms with E-state index in [0.29, 0.717) is 34.4 Å². The number of amides is 2. The maximum Gasteiger partial charge on any atom is 0.338 e. The van der Waals surface area contributed by atoms with Crippen molar-refractivity contribution in [1.82, 2.24) is 10.6 Å². The quantitative estimate of drug-likeness (QED) is 0.792. The Hall–Kier alpha value is -2.01. The molecule has 134 valence electrons. The van der Waals surface area contributed by atoms with Crippen LogP contribution in [-0.4, -0.2) is 18.6 Å². The summed E-state index contributed by atoms with van der Waals surface area (Å²) in [6.07, 6.45) is 5.87.